The van der Waals surface area contributed by atoms with Crippen molar-refractivity contribution >= 4 is 16.9 Å². The Kier molecular flexibility index (Phi) is 6.85. The lowest BCUT2D eigenvalue weighted by Gasteiger charge is -2.26. The van der Waals surface area contributed by atoms with Crippen molar-refractivity contribution < 1.29 is 14.3 Å². The summed E-state index contributed by atoms with van der Waals surface area (Å²) in [7, 11) is 1.37. The molecule has 4 aromatic carbocycles. The van der Waals surface area contributed by atoms with Crippen molar-refractivity contribution in [2.24, 2.45) is 0 Å². The van der Waals surface area contributed by atoms with Crippen molar-refractivity contribution in [3.8, 4) is 5.75 Å². The SMILES string of the molecule is COc1cccc(C(C)(C)OC(=O)c2ccc([S+](c3ccccc3)c3ccccc3)cc2)c1. The molecule has 0 atom stereocenters. The van der Waals surface area contributed by atoms with Gasteiger partial charge in [-0.15, -0.1) is 0 Å². The zero-order chi connectivity index (χ0) is 23.3. The molecule has 0 aliphatic rings. The third-order valence-corrected chi connectivity index (χ3v) is 7.63. The molecule has 0 aliphatic carbocycles. The summed E-state index contributed by atoms with van der Waals surface area (Å²) in [5.74, 6) is 0.378. The Morgan fingerprint density at radius 1 is 0.697 bits per heavy atom. The van der Waals surface area contributed by atoms with Gasteiger partial charge in [0.25, 0.3) is 0 Å². The van der Waals surface area contributed by atoms with Crippen LogP contribution in [0.3, 0.4) is 0 Å². The first-order valence-electron chi connectivity index (χ1n) is 10.8. The van der Waals surface area contributed by atoms with Crippen molar-refractivity contribution in [3.05, 3.63) is 120 Å². The molecule has 4 heteroatoms. The maximum atomic E-state index is 13.0. The highest BCUT2D eigenvalue weighted by molar-refractivity contribution is 7.97. The minimum atomic E-state index is -0.789. The first-order chi connectivity index (χ1) is 16.0. The number of hydrogen-bond acceptors (Lipinski definition) is 3. The molecule has 0 bridgehead atoms. The maximum Gasteiger partial charge on any atom is 0.338 e. The van der Waals surface area contributed by atoms with Crippen molar-refractivity contribution in [2.75, 3.05) is 7.11 Å². The summed E-state index contributed by atoms with van der Waals surface area (Å²) in [6, 6.07) is 36.2. The van der Waals surface area contributed by atoms with Crippen molar-refractivity contribution in [1.82, 2.24) is 0 Å². The number of hydrogen-bond donors (Lipinski definition) is 0. The molecule has 0 saturated carbocycles. The summed E-state index contributed by atoms with van der Waals surface area (Å²) >= 11 is 0. The topological polar surface area (TPSA) is 35.5 Å². The van der Waals surface area contributed by atoms with Gasteiger partial charge >= 0.3 is 5.97 Å². The molecule has 0 radical (unpaired) electrons. The van der Waals surface area contributed by atoms with Crippen LogP contribution in [0.1, 0.15) is 29.8 Å². The summed E-state index contributed by atoms with van der Waals surface area (Å²) in [5.41, 5.74) is 0.615. The van der Waals surface area contributed by atoms with E-state index in [2.05, 4.69) is 48.5 Å². The number of esters is 1. The van der Waals surface area contributed by atoms with Gasteiger partial charge in [0.15, 0.2) is 14.7 Å². The summed E-state index contributed by atoms with van der Waals surface area (Å²) in [5, 5.41) is 0. The second kappa shape index (κ2) is 9.97. The van der Waals surface area contributed by atoms with Crippen LogP contribution < -0.4 is 4.74 Å². The maximum absolute atomic E-state index is 13.0. The lowest BCUT2D eigenvalue weighted by Crippen LogP contribution is -2.25. The van der Waals surface area contributed by atoms with E-state index in [9.17, 15) is 4.79 Å². The summed E-state index contributed by atoms with van der Waals surface area (Å²) in [6.45, 7) is 3.77. The number of benzene rings is 4. The molecular weight excluding hydrogens is 428 g/mol. The predicted molar refractivity (Wildman–Crippen MR) is 133 cm³/mol. The molecule has 0 fully saturated rings. The van der Waals surface area contributed by atoms with Crippen LogP contribution >= 0.6 is 0 Å². The Morgan fingerprint density at radius 3 is 1.79 bits per heavy atom. The second-order valence-electron chi connectivity index (χ2n) is 8.09. The van der Waals surface area contributed by atoms with Gasteiger partial charge in [-0.05, 0) is 80.1 Å². The summed E-state index contributed by atoms with van der Waals surface area (Å²) < 4.78 is 11.2. The highest BCUT2D eigenvalue weighted by Gasteiger charge is 2.30. The van der Waals surface area contributed by atoms with Gasteiger partial charge in [0.1, 0.15) is 11.4 Å². The number of methoxy groups -OCH3 is 1. The molecule has 4 aromatic rings. The van der Waals surface area contributed by atoms with Crippen LogP contribution in [0, 0.1) is 0 Å². The van der Waals surface area contributed by atoms with E-state index in [-0.39, 0.29) is 16.9 Å². The van der Waals surface area contributed by atoms with E-state index in [1.165, 1.54) is 9.79 Å². The third-order valence-electron chi connectivity index (χ3n) is 5.40. The van der Waals surface area contributed by atoms with Gasteiger partial charge in [-0.2, -0.15) is 0 Å². The Labute approximate surface area is 198 Å². The fraction of sp³-hybridized carbons (Fsp3) is 0.138. The van der Waals surface area contributed by atoms with Crippen LogP contribution in [0.25, 0.3) is 0 Å². The molecular formula is C29H27O3S+. The first-order valence-corrected chi connectivity index (χ1v) is 12.0. The van der Waals surface area contributed by atoms with E-state index in [1.54, 1.807) is 7.11 Å². The Balaban J connectivity index is 1.58. The highest BCUT2D eigenvalue weighted by atomic mass is 32.2. The number of carbonyl (C=O) groups is 1. The molecule has 0 unspecified atom stereocenters. The van der Waals surface area contributed by atoms with Crippen molar-refractivity contribution in [2.45, 2.75) is 34.1 Å². The van der Waals surface area contributed by atoms with E-state index in [4.69, 9.17) is 9.47 Å². The van der Waals surface area contributed by atoms with Crippen LogP contribution in [0.4, 0.5) is 0 Å². The average Bonchev–Trinajstić information content (AvgIpc) is 2.86. The van der Waals surface area contributed by atoms with Gasteiger partial charge in [-0.3, -0.25) is 0 Å². The molecule has 0 N–H and O–H groups in total. The Morgan fingerprint density at radius 2 is 1.24 bits per heavy atom. The van der Waals surface area contributed by atoms with E-state index in [1.807, 2.05) is 74.5 Å². The molecule has 166 valence electrons. The first kappa shape index (κ1) is 22.7. The van der Waals surface area contributed by atoms with Crippen LogP contribution in [0.2, 0.25) is 0 Å². The Hall–Kier alpha value is -3.50. The molecule has 4 rings (SSSR count). The predicted octanol–water partition coefficient (Wildman–Crippen LogP) is 6.88. The van der Waals surface area contributed by atoms with E-state index in [0.29, 0.717) is 5.56 Å². The largest absolute Gasteiger partial charge is 0.497 e. The zero-order valence-electron chi connectivity index (χ0n) is 19.0. The number of ether oxygens (including phenoxy) is 2. The summed E-state index contributed by atoms with van der Waals surface area (Å²) in [6.07, 6.45) is 0. The second-order valence-corrected chi connectivity index (χ2v) is 10.1. The molecule has 0 spiro atoms. The van der Waals surface area contributed by atoms with Gasteiger partial charge in [-0.1, -0.05) is 48.5 Å². The molecule has 0 heterocycles. The van der Waals surface area contributed by atoms with Crippen molar-refractivity contribution in [3.63, 3.8) is 0 Å². The standard InChI is InChI=1S/C29H27O3S/c1-29(2,23-11-10-12-24(21-23)31-3)32-28(30)22-17-19-27(20-18-22)33(25-13-6-4-7-14-25)26-15-8-5-9-16-26/h4-21H,1-3H3/q+1. The third kappa shape index (κ3) is 5.29. The molecule has 0 amide bonds. The lowest BCUT2D eigenvalue weighted by molar-refractivity contribution is -0.00321. The normalized spacial score (nSPS) is 11.3. The van der Waals surface area contributed by atoms with Crippen LogP contribution in [0.5, 0.6) is 5.75 Å². The van der Waals surface area contributed by atoms with Gasteiger partial charge in [0.2, 0.25) is 0 Å². The molecule has 33 heavy (non-hydrogen) atoms. The quantitative estimate of drug-likeness (QED) is 0.225. The highest BCUT2D eigenvalue weighted by Crippen LogP contribution is 2.32. The monoisotopic (exact) mass is 455 g/mol. The van der Waals surface area contributed by atoms with E-state index < -0.39 is 5.60 Å². The molecule has 0 aliphatic heterocycles. The van der Waals surface area contributed by atoms with Crippen molar-refractivity contribution in [1.29, 1.82) is 0 Å². The van der Waals surface area contributed by atoms with Crippen LogP contribution in [-0.2, 0) is 21.2 Å². The smallest absolute Gasteiger partial charge is 0.338 e. The fourth-order valence-corrected chi connectivity index (χ4v) is 5.68. The minimum Gasteiger partial charge on any atom is -0.497 e. The van der Waals surface area contributed by atoms with Gasteiger partial charge in [0.05, 0.1) is 23.6 Å². The summed E-state index contributed by atoms with van der Waals surface area (Å²) in [4.78, 5) is 16.6. The van der Waals surface area contributed by atoms with E-state index in [0.717, 1.165) is 16.2 Å². The number of rotatable bonds is 7. The number of carbonyl (C=O) groups excluding carboxylic acids is 1. The van der Waals surface area contributed by atoms with Crippen LogP contribution in [-0.4, -0.2) is 13.1 Å². The van der Waals surface area contributed by atoms with Gasteiger partial charge in [0, 0.05) is 0 Å². The Bertz CT molecular complexity index is 1160. The minimum absolute atomic E-state index is 0.255. The average molecular weight is 456 g/mol. The molecule has 0 aromatic heterocycles. The lowest BCUT2D eigenvalue weighted by atomic mass is 9.97. The fourth-order valence-electron chi connectivity index (χ4n) is 3.60. The van der Waals surface area contributed by atoms with Crippen LogP contribution in [0.15, 0.2) is 124 Å². The van der Waals surface area contributed by atoms with E-state index >= 15 is 0 Å². The molecule has 0 saturated heterocycles. The zero-order valence-corrected chi connectivity index (χ0v) is 19.8. The van der Waals surface area contributed by atoms with Gasteiger partial charge in [-0.25, -0.2) is 4.79 Å². The van der Waals surface area contributed by atoms with Gasteiger partial charge < -0.3 is 9.47 Å². The molecule has 3 nitrogen and oxygen atoms in total.